The van der Waals surface area contributed by atoms with Crippen LogP contribution in [0.15, 0.2) is 54.6 Å². The van der Waals surface area contributed by atoms with Crippen molar-refractivity contribution in [1.82, 2.24) is 10.2 Å². The lowest BCUT2D eigenvalue weighted by molar-refractivity contribution is 0.0952. The summed E-state index contributed by atoms with van der Waals surface area (Å²) in [6.07, 6.45) is 4.81. The van der Waals surface area contributed by atoms with Gasteiger partial charge in [0.05, 0.1) is 0 Å². The molecule has 1 saturated heterocycles. The molecule has 0 spiro atoms. The summed E-state index contributed by atoms with van der Waals surface area (Å²) in [5.74, 6) is 0.0109. The average Bonchev–Trinajstić information content (AvgIpc) is 3.39. The number of rotatable bonds is 5. The van der Waals surface area contributed by atoms with Gasteiger partial charge in [-0.25, -0.2) is 0 Å². The predicted octanol–water partition coefficient (Wildman–Crippen LogP) is 4.46. The van der Waals surface area contributed by atoms with Gasteiger partial charge < -0.3 is 5.32 Å². The smallest absolute Gasteiger partial charge is 0.252 e. The molecule has 3 nitrogen and oxygen atoms in total. The molecule has 28 heavy (non-hydrogen) atoms. The van der Waals surface area contributed by atoms with Crippen molar-refractivity contribution >= 4 is 16.7 Å². The van der Waals surface area contributed by atoms with Crippen molar-refractivity contribution in [2.45, 2.75) is 38.8 Å². The fraction of sp³-hybridized carbons (Fsp3) is 0.320. The third-order valence-corrected chi connectivity index (χ3v) is 6.20. The topological polar surface area (TPSA) is 32.3 Å². The SMILES string of the molecule is O=C(NCc1ccc(CN2CCCC2)cc1)c1ccc2c3c(cccc13)CC2. The number of amides is 1. The lowest BCUT2D eigenvalue weighted by atomic mass is 9.99. The van der Waals surface area contributed by atoms with Crippen molar-refractivity contribution < 1.29 is 4.79 Å². The van der Waals surface area contributed by atoms with Gasteiger partial charge in [-0.05, 0) is 77.9 Å². The highest BCUT2D eigenvalue weighted by atomic mass is 16.1. The molecule has 2 aliphatic rings. The van der Waals surface area contributed by atoms with Crippen LogP contribution in [0.1, 0.15) is 45.5 Å². The van der Waals surface area contributed by atoms with E-state index in [4.69, 9.17) is 0 Å². The van der Waals surface area contributed by atoms with Crippen molar-refractivity contribution in [3.05, 3.63) is 82.4 Å². The molecule has 1 heterocycles. The molecular weight excluding hydrogens is 344 g/mol. The zero-order valence-electron chi connectivity index (χ0n) is 16.2. The number of nitrogens with one attached hydrogen (secondary N) is 1. The molecule has 0 saturated carbocycles. The van der Waals surface area contributed by atoms with Gasteiger partial charge in [-0.1, -0.05) is 48.5 Å². The van der Waals surface area contributed by atoms with Crippen LogP contribution in [0.5, 0.6) is 0 Å². The van der Waals surface area contributed by atoms with Crippen molar-refractivity contribution in [3.8, 4) is 0 Å². The maximum absolute atomic E-state index is 12.9. The van der Waals surface area contributed by atoms with E-state index in [1.54, 1.807) is 0 Å². The summed E-state index contributed by atoms with van der Waals surface area (Å²) >= 11 is 0. The summed E-state index contributed by atoms with van der Waals surface area (Å²) in [6.45, 7) is 4.03. The number of aryl methyl sites for hydroxylation is 2. The van der Waals surface area contributed by atoms with Crippen LogP contribution in [-0.4, -0.2) is 23.9 Å². The first-order valence-electron chi connectivity index (χ1n) is 10.4. The zero-order chi connectivity index (χ0) is 18.9. The Balaban J connectivity index is 1.27. The molecule has 1 fully saturated rings. The lowest BCUT2D eigenvalue weighted by Crippen LogP contribution is -2.23. The number of benzene rings is 3. The molecule has 0 bridgehead atoms. The first kappa shape index (κ1) is 17.4. The molecule has 142 valence electrons. The number of nitrogens with zero attached hydrogens (tertiary/aromatic N) is 1. The first-order chi connectivity index (χ1) is 13.8. The van der Waals surface area contributed by atoms with Gasteiger partial charge in [0, 0.05) is 18.7 Å². The Morgan fingerprint density at radius 3 is 2.36 bits per heavy atom. The number of hydrogen-bond donors (Lipinski definition) is 1. The van der Waals surface area contributed by atoms with E-state index in [2.05, 4.69) is 58.7 Å². The molecule has 3 aromatic rings. The van der Waals surface area contributed by atoms with Crippen molar-refractivity contribution in [1.29, 1.82) is 0 Å². The minimum atomic E-state index is 0.0109. The maximum Gasteiger partial charge on any atom is 0.252 e. The molecule has 0 unspecified atom stereocenters. The summed E-state index contributed by atoms with van der Waals surface area (Å²) in [5, 5.41) is 5.49. The zero-order valence-corrected chi connectivity index (χ0v) is 16.2. The summed E-state index contributed by atoms with van der Waals surface area (Å²) < 4.78 is 0. The molecule has 5 rings (SSSR count). The van der Waals surface area contributed by atoms with Gasteiger partial charge in [-0.3, -0.25) is 9.69 Å². The second-order valence-electron chi connectivity index (χ2n) is 8.09. The minimum absolute atomic E-state index is 0.0109. The highest BCUT2D eigenvalue weighted by Gasteiger charge is 2.18. The summed E-state index contributed by atoms with van der Waals surface area (Å²) in [6, 6.07) is 19.1. The Morgan fingerprint density at radius 2 is 1.57 bits per heavy atom. The fourth-order valence-electron chi connectivity index (χ4n) is 4.68. The van der Waals surface area contributed by atoms with E-state index in [0.29, 0.717) is 6.54 Å². The van der Waals surface area contributed by atoms with Gasteiger partial charge in [0.25, 0.3) is 5.91 Å². The molecule has 1 aliphatic carbocycles. The summed E-state index contributed by atoms with van der Waals surface area (Å²) in [4.78, 5) is 15.4. The molecule has 3 aromatic carbocycles. The predicted molar refractivity (Wildman–Crippen MR) is 113 cm³/mol. The lowest BCUT2D eigenvalue weighted by Gasteiger charge is -2.15. The Kier molecular flexibility index (Phi) is 4.61. The highest BCUT2D eigenvalue weighted by Crippen LogP contribution is 2.32. The normalized spacial score (nSPS) is 16.0. The van der Waals surface area contributed by atoms with Crippen molar-refractivity contribution in [3.63, 3.8) is 0 Å². The van der Waals surface area contributed by atoms with Crippen LogP contribution in [-0.2, 0) is 25.9 Å². The molecule has 3 heteroatoms. The summed E-state index contributed by atoms with van der Waals surface area (Å²) in [5.41, 5.74) is 6.02. The molecule has 0 aromatic heterocycles. The van der Waals surface area contributed by atoms with Crippen LogP contribution in [0.4, 0.5) is 0 Å². The monoisotopic (exact) mass is 370 g/mol. The standard InChI is InChI=1S/C25H26N2O/c28-25(23-13-12-21-11-10-20-4-3-5-22(23)24(20)21)26-16-18-6-8-19(9-7-18)17-27-14-1-2-15-27/h3-9,12-13H,1-2,10-11,14-17H2,(H,26,28). The molecule has 0 atom stereocenters. The molecule has 0 radical (unpaired) electrons. The molecule has 1 aliphatic heterocycles. The summed E-state index contributed by atoms with van der Waals surface area (Å²) in [7, 11) is 0. The number of hydrogen-bond acceptors (Lipinski definition) is 2. The number of likely N-dealkylation sites (tertiary alicyclic amines) is 1. The Morgan fingerprint density at radius 1 is 0.857 bits per heavy atom. The second-order valence-corrected chi connectivity index (χ2v) is 8.09. The van der Waals surface area contributed by atoms with Gasteiger partial charge in [-0.15, -0.1) is 0 Å². The average molecular weight is 370 g/mol. The van der Waals surface area contributed by atoms with E-state index in [9.17, 15) is 4.79 Å². The third-order valence-electron chi connectivity index (χ3n) is 6.20. The Hall–Kier alpha value is -2.65. The highest BCUT2D eigenvalue weighted by molar-refractivity contribution is 6.09. The van der Waals surface area contributed by atoms with E-state index in [0.717, 1.165) is 35.9 Å². The van der Waals surface area contributed by atoms with Gasteiger partial charge in [-0.2, -0.15) is 0 Å². The maximum atomic E-state index is 12.9. The van der Waals surface area contributed by atoms with Gasteiger partial charge in [0.1, 0.15) is 0 Å². The minimum Gasteiger partial charge on any atom is -0.348 e. The van der Waals surface area contributed by atoms with Crippen LogP contribution in [0, 0.1) is 0 Å². The molecule has 1 amide bonds. The number of carbonyl (C=O) groups is 1. The van der Waals surface area contributed by atoms with Crippen LogP contribution in [0.2, 0.25) is 0 Å². The largest absolute Gasteiger partial charge is 0.348 e. The third kappa shape index (κ3) is 3.31. The van der Waals surface area contributed by atoms with E-state index in [1.165, 1.54) is 48.0 Å². The number of carbonyl (C=O) groups excluding carboxylic acids is 1. The fourth-order valence-corrected chi connectivity index (χ4v) is 4.68. The Labute approximate surface area is 166 Å². The quantitative estimate of drug-likeness (QED) is 0.719. The van der Waals surface area contributed by atoms with E-state index >= 15 is 0 Å². The van der Waals surface area contributed by atoms with Crippen molar-refractivity contribution in [2.75, 3.05) is 13.1 Å². The van der Waals surface area contributed by atoms with Crippen molar-refractivity contribution in [2.24, 2.45) is 0 Å². The van der Waals surface area contributed by atoms with Crippen LogP contribution in [0.3, 0.4) is 0 Å². The van der Waals surface area contributed by atoms with Crippen LogP contribution >= 0.6 is 0 Å². The molecule has 1 N–H and O–H groups in total. The van der Waals surface area contributed by atoms with Crippen LogP contribution in [0.25, 0.3) is 10.8 Å². The first-order valence-corrected chi connectivity index (χ1v) is 10.4. The van der Waals surface area contributed by atoms with E-state index < -0.39 is 0 Å². The van der Waals surface area contributed by atoms with Gasteiger partial charge in [0.15, 0.2) is 0 Å². The van der Waals surface area contributed by atoms with Gasteiger partial charge in [0.2, 0.25) is 0 Å². The Bertz CT molecular complexity index is 1010. The van der Waals surface area contributed by atoms with E-state index in [-0.39, 0.29) is 5.91 Å². The molecular formula is C25H26N2O. The second kappa shape index (κ2) is 7.40. The van der Waals surface area contributed by atoms with Gasteiger partial charge >= 0.3 is 0 Å². The van der Waals surface area contributed by atoms with E-state index in [1.807, 2.05) is 6.07 Å². The van der Waals surface area contributed by atoms with Crippen LogP contribution < -0.4 is 5.32 Å².